The monoisotopic (exact) mass is 264 g/mol. The Balaban J connectivity index is 2.14. The number of aromatic nitrogens is 1. The van der Waals surface area contributed by atoms with Crippen LogP contribution >= 0.6 is 0 Å². The van der Waals surface area contributed by atoms with Crippen LogP contribution in [0.25, 0.3) is 0 Å². The van der Waals surface area contributed by atoms with Crippen molar-refractivity contribution in [1.29, 1.82) is 0 Å². The highest BCUT2D eigenvalue weighted by molar-refractivity contribution is 5.76. The van der Waals surface area contributed by atoms with Crippen molar-refractivity contribution in [2.75, 3.05) is 13.7 Å². The Bertz CT molecular complexity index is 476. The number of carbonyl (C=O) groups is 1. The predicted octanol–water partition coefficient (Wildman–Crippen LogP) is 0.807. The van der Waals surface area contributed by atoms with Gasteiger partial charge >= 0.3 is 5.97 Å². The second-order valence-electron chi connectivity index (χ2n) is 5.06. The number of aryl methyl sites for hydroxylation is 2. The molecule has 104 valence electrons. The van der Waals surface area contributed by atoms with Crippen LogP contribution in [0.2, 0.25) is 0 Å². The van der Waals surface area contributed by atoms with Crippen LogP contribution in [-0.2, 0) is 16.1 Å². The molecule has 19 heavy (non-hydrogen) atoms. The molecule has 1 aliphatic heterocycles. The van der Waals surface area contributed by atoms with Crippen LogP contribution in [0.3, 0.4) is 0 Å². The fourth-order valence-electron chi connectivity index (χ4n) is 2.54. The molecule has 1 aromatic rings. The molecule has 5 heteroatoms. The Morgan fingerprint density at radius 3 is 2.89 bits per heavy atom. The third kappa shape index (κ3) is 3.11. The molecule has 1 fully saturated rings. The number of aliphatic hydroxyl groups is 1. The van der Waals surface area contributed by atoms with Gasteiger partial charge in [0.05, 0.1) is 13.2 Å². The molecule has 1 aliphatic rings. The summed E-state index contributed by atoms with van der Waals surface area (Å²) in [6.07, 6.45) is -0.0341. The molecule has 5 nitrogen and oxygen atoms in total. The first-order valence-electron chi connectivity index (χ1n) is 6.44. The zero-order chi connectivity index (χ0) is 14.0. The average Bonchev–Trinajstić information content (AvgIpc) is 2.73. The average molecular weight is 264 g/mol. The molecule has 2 rings (SSSR count). The second kappa shape index (κ2) is 5.67. The Kier molecular flexibility index (Phi) is 4.17. The number of hydrogen-bond donors (Lipinski definition) is 1. The molecule has 0 unspecified atom stereocenters. The van der Waals surface area contributed by atoms with Crippen LogP contribution < -0.4 is 0 Å². The lowest BCUT2D eigenvalue weighted by Gasteiger charge is -2.22. The number of aliphatic hydroxyl groups excluding tert-OH is 1. The molecule has 0 bridgehead atoms. The van der Waals surface area contributed by atoms with E-state index in [1.54, 1.807) is 0 Å². The number of pyridine rings is 1. The number of nitrogens with zero attached hydrogens (tertiary/aromatic N) is 2. The summed E-state index contributed by atoms with van der Waals surface area (Å²) >= 11 is 0. The van der Waals surface area contributed by atoms with Crippen molar-refractivity contribution < 1.29 is 14.6 Å². The normalized spacial score (nSPS) is 23.6. The predicted molar refractivity (Wildman–Crippen MR) is 70.5 cm³/mol. The first kappa shape index (κ1) is 14.0. The van der Waals surface area contributed by atoms with Gasteiger partial charge in [0.2, 0.25) is 0 Å². The van der Waals surface area contributed by atoms with E-state index in [4.69, 9.17) is 4.74 Å². The molecule has 0 saturated carbocycles. The van der Waals surface area contributed by atoms with Crippen LogP contribution in [0.5, 0.6) is 0 Å². The third-order valence-electron chi connectivity index (χ3n) is 3.56. The first-order valence-corrected chi connectivity index (χ1v) is 6.44. The summed E-state index contributed by atoms with van der Waals surface area (Å²) in [4.78, 5) is 18.1. The van der Waals surface area contributed by atoms with Gasteiger partial charge in [-0.15, -0.1) is 0 Å². The van der Waals surface area contributed by atoms with Crippen molar-refractivity contribution in [3.05, 3.63) is 29.1 Å². The van der Waals surface area contributed by atoms with Gasteiger partial charge in [0.25, 0.3) is 0 Å². The van der Waals surface area contributed by atoms with Gasteiger partial charge in [-0.2, -0.15) is 0 Å². The number of likely N-dealkylation sites (tertiary alicyclic amines) is 1. The standard InChI is InChI=1S/C14H20N2O3/c1-9-4-5-11(10(2)15-9)7-16-8-12(17)6-13(16)14(18)19-3/h4-5,12-13,17H,6-8H2,1-3H3/t12-,13+/m0/s1. The molecular weight excluding hydrogens is 244 g/mol. The van der Waals surface area contributed by atoms with E-state index in [2.05, 4.69) is 4.98 Å². The number of hydrogen-bond acceptors (Lipinski definition) is 5. The van der Waals surface area contributed by atoms with E-state index < -0.39 is 6.10 Å². The molecule has 1 N–H and O–H groups in total. The number of esters is 1. The molecular formula is C14H20N2O3. The van der Waals surface area contributed by atoms with Crippen LogP contribution in [0.4, 0.5) is 0 Å². The maximum Gasteiger partial charge on any atom is 0.323 e. The highest BCUT2D eigenvalue weighted by atomic mass is 16.5. The molecule has 2 heterocycles. The topological polar surface area (TPSA) is 62.7 Å². The highest BCUT2D eigenvalue weighted by Gasteiger charge is 2.36. The molecule has 0 spiro atoms. The van der Waals surface area contributed by atoms with Crippen molar-refractivity contribution in [2.45, 2.75) is 39.0 Å². The lowest BCUT2D eigenvalue weighted by Crippen LogP contribution is -2.36. The largest absolute Gasteiger partial charge is 0.468 e. The summed E-state index contributed by atoms with van der Waals surface area (Å²) in [7, 11) is 1.38. The van der Waals surface area contributed by atoms with Crippen molar-refractivity contribution in [2.24, 2.45) is 0 Å². The summed E-state index contributed by atoms with van der Waals surface area (Å²) < 4.78 is 4.79. The van der Waals surface area contributed by atoms with Gasteiger partial charge in [-0.25, -0.2) is 0 Å². The zero-order valence-corrected chi connectivity index (χ0v) is 11.6. The number of rotatable bonds is 3. The highest BCUT2D eigenvalue weighted by Crippen LogP contribution is 2.22. The molecule has 1 saturated heterocycles. The molecule has 1 aromatic heterocycles. The minimum Gasteiger partial charge on any atom is -0.468 e. The second-order valence-corrected chi connectivity index (χ2v) is 5.06. The van der Waals surface area contributed by atoms with Gasteiger partial charge in [-0.05, 0) is 25.5 Å². The van der Waals surface area contributed by atoms with E-state index in [9.17, 15) is 9.90 Å². The maximum atomic E-state index is 11.7. The Labute approximate surface area is 113 Å². The van der Waals surface area contributed by atoms with Crippen LogP contribution in [0, 0.1) is 13.8 Å². The fourth-order valence-corrected chi connectivity index (χ4v) is 2.54. The van der Waals surface area contributed by atoms with Crippen molar-refractivity contribution in [1.82, 2.24) is 9.88 Å². The van der Waals surface area contributed by atoms with E-state index in [0.717, 1.165) is 17.0 Å². The van der Waals surface area contributed by atoms with Gasteiger partial charge in [-0.3, -0.25) is 14.7 Å². The Morgan fingerprint density at radius 2 is 2.26 bits per heavy atom. The molecule has 0 aliphatic carbocycles. The van der Waals surface area contributed by atoms with Crippen molar-refractivity contribution in [3.63, 3.8) is 0 Å². The molecule has 0 aromatic carbocycles. The summed E-state index contributed by atoms with van der Waals surface area (Å²) in [6, 6.07) is 3.62. The summed E-state index contributed by atoms with van der Waals surface area (Å²) in [6.45, 7) is 5.01. The Morgan fingerprint density at radius 1 is 1.53 bits per heavy atom. The lowest BCUT2D eigenvalue weighted by atomic mass is 10.1. The van der Waals surface area contributed by atoms with Gasteiger partial charge in [0.1, 0.15) is 6.04 Å². The summed E-state index contributed by atoms with van der Waals surface area (Å²) in [5.41, 5.74) is 3.02. The van der Waals surface area contributed by atoms with E-state index >= 15 is 0 Å². The minimum atomic E-state index is -0.470. The Hall–Kier alpha value is -1.46. The van der Waals surface area contributed by atoms with Gasteiger partial charge < -0.3 is 9.84 Å². The van der Waals surface area contributed by atoms with Gasteiger partial charge in [0, 0.05) is 30.9 Å². The van der Waals surface area contributed by atoms with E-state index in [1.807, 2.05) is 30.9 Å². The first-order chi connectivity index (χ1) is 9.01. The number of methoxy groups -OCH3 is 1. The third-order valence-corrected chi connectivity index (χ3v) is 3.56. The van der Waals surface area contributed by atoms with E-state index in [-0.39, 0.29) is 12.0 Å². The van der Waals surface area contributed by atoms with Crippen LogP contribution in [0.15, 0.2) is 12.1 Å². The quantitative estimate of drug-likeness (QED) is 0.818. The van der Waals surface area contributed by atoms with Crippen LogP contribution in [0.1, 0.15) is 23.4 Å². The lowest BCUT2D eigenvalue weighted by molar-refractivity contribution is -0.146. The van der Waals surface area contributed by atoms with Crippen molar-refractivity contribution >= 4 is 5.97 Å². The zero-order valence-electron chi connectivity index (χ0n) is 11.6. The summed E-state index contributed by atoms with van der Waals surface area (Å²) in [5, 5.41) is 9.74. The van der Waals surface area contributed by atoms with E-state index in [1.165, 1.54) is 7.11 Å². The summed E-state index contributed by atoms with van der Waals surface area (Å²) in [5.74, 6) is -0.283. The fraction of sp³-hybridized carbons (Fsp3) is 0.571. The van der Waals surface area contributed by atoms with Gasteiger partial charge in [0.15, 0.2) is 0 Å². The number of carbonyl (C=O) groups excluding carboxylic acids is 1. The van der Waals surface area contributed by atoms with E-state index in [0.29, 0.717) is 19.5 Å². The SMILES string of the molecule is COC(=O)[C@H]1C[C@H](O)CN1Cc1ccc(C)nc1C. The van der Waals surface area contributed by atoms with Gasteiger partial charge in [-0.1, -0.05) is 6.07 Å². The van der Waals surface area contributed by atoms with Crippen LogP contribution in [-0.4, -0.2) is 46.8 Å². The molecule has 2 atom stereocenters. The minimum absolute atomic E-state index is 0.283. The molecule has 0 radical (unpaired) electrons. The smallest absolute Gasteiger partial charge is 0.323 e. The number of β-amino-alcohol motifs (C(OH)–C–C–N with tert-alkyl or cyclic N) is 1. The van der Waals surface area contributed by atoms with Crippen molar-refractivity contribution in [3.8, 4) is 0 Å². The maximum absolute atomic E-state index is 11.7. The number of ether oxygens (including phenoxy) is 1. The molecule has 0 amide bonds.